The molecule has 144 valence electrons. The molecule has 2 aliphatic rings. The molecule has 0 saturated carbocycles. The van der Waals surface area contributed by atoms with E-state index in [4.69, 9.17) is 32.5 Å². The van der Waals surface area contributed by atoms with Crippen LogP contribution in [-0.4, -0.2) is 42.8 Å². The summed E-state index contributed by atoms with van der Waals surface area (Å²) in [6.45, 7) is 4.64. The van der Waals surface area contributed by atoms with Gasteiger partial charge >= 0.3 is 0 Å². The van der Waals surface area contributed by atoms with Gasteiger partial charge in [0.05, 0.1) is 24.6 Å². The fraction of sp³-hybridized carbons (Fsp3) is 0.250. The molecule has 4 N–H and O–H groups in total. The molecule has 0 spiro atoms. The lowest BCUT2D eigenvalue weighted by molar-refractivity contribution is 0.122. The second-order valence-electron chi connectivity index (χ2n) is 6.66. The zero-order valence-corrected chi connectivity index (χ0v) is 16.3. The van der Waals surface area contributed by atoms with E-state index in [1.165, 1.54) is 0 Å². The Kier molecular flexibility index (Phi) is 5.02. The van der Waals surface area contributed by atoms with E-state index >= 15 is 0 Å². The number of hydrogen-bond acceptors (Lipinski definition) is 6. The second kappa shape index (κ2) is 7.61. The molecule has 0 amide bonds. The van der Waals surface area contributed by atoms with Gasteiger partial charge in [-0.3, -0.25) is 5.41 Å². The van der Waals surface area contributed by atoms with E-state index in [9.17, 15) is 0 Å². The maximum absolute atomic E-state index is 8.43. The first kappa shape index (κ1) is 18.5. The van der Waals surface area contributed by atoms with Gasteiger partial charge in [0.15, 0.2) is 5.84 Å². The van der Waals surface area contributed by atoms with E-state index in [0.29, 0.717) is 35.3 Å². The highest BCUT2D eigenvalue weighted by Crippen LogP contribution is 2.30. The summed E-state index contributed by atoms with van der Waals surface area (Å²) in [5.74, 6) is 0.972. The minimum atomic E-state index is 0.141. The number of anilines is 2. The quantitative estimate of drug-likeness (QED) is 0.724. The minimum absolute atomic E-state index is 0.141. The van der Waals surface area contributed by atoms with Crippen LogP contribution in [0.15, 0.2) is 52.9 Å². The first-order valence-corrected chi connectivity index (χ1v) is 9.41. The fourth-order valence-corrected chi connectivity index (χ4v) is 3.49. The number of aromatic nitrogens is 1. The molecule has 0 unspecified atom stereocenters. The number of rotatable bonds is 2. The van der Waals surface area contributed by atoms with Gasteiger partial charge in [0.2, 0.25) is 0 Å². The molecule has 1 aromatic heterocycles. The topological polar surface area (TPSA) is 99.6 Å². The molecule has 28 heavy (non-hydrogen) atoms. The molecule has 1 aromatic carbocycles. The molecule has 7 nitrogen and oxygen atoms in total. The van der Waals surface area contributed by atoms with Gasteiger partial charge in [0.25, 0.3) is 0 Å². The number of aliphatic imine (C=N–C) groups is 1. The number of ether oxygens (including phenoxy) is 1. The highest BCUT2D eigenvalue weighted by atomic mass is 35.5. The van der Waals surface area contributed by atoms with Gasteiger partial charge in [-0.25, -0.2) is 9.98 Å². The summed E-state index contributed by atoms with van der Waals surface area (Å²) < 4.78 is 5.43. The van der Waals surface area contributed by atoms with Gasteiger partial charge in [-0.15, -0.1) is 0 Å². The van der Waals surface area contributed by atoms with Gasteiger partial charge in [0, 0.05) is 47.2 Å². The van der Waals surface area contributed by atoms with Crippen molar-refractivity contribution in [3.63, 3.8) is 0 Å². The van der Waals surface area contributed by atoms with Crippen LogP contribution >= 0.6 is 11.6 Å². The predicted molar refractivity (Wildman–Crippen MR) is 113 cm³/mol. The summed E-state index contributed by atoms with van der Waals surface area (Å²) in [6.07, 6.45) is 1.78. The molecule has 1 fully saturated rings. The van der Waals surface area contributed by atoms with E-state index in [1.54, 1.807) is 13.1 Å². The Balaban J connectivity index is 1.87. The van der Waals surface area contributed by atoms with Crippen molar-refractivity contribution in [3.8, 4) is 0 Å². The summed E-state index contributed by atoms with van der Waals surface area (Å²) in [6, 6.07) is 9.43. The van der Waals surface area contributed by atoms with Crippen molar-refractivity contribution < 1.29 is 4.74 Å². The van der Waals surface area contributed by atoms with Crippen molar-refractivity contribution in [2.24, 2.45) is 10.7 Å². The molecule has 1 saturated heterocycles. The number of nitrogens with one attached hydrogen (secondary N) is 2. The monoisotopic (exact) mass is 396 g/mol. The normalized spacial score (nSPS) is 18.7. The predicted octanol–water partition coefficient (Wildman–Crippen LogP) is 3.00. The van der Waals surface area contributed by atoms with Gasteiger partial charge in [-0.05, 0) is 13.0 Å². The molecule has 4 rings (SSSR count). The number of nitrogens with two attached hydrogens (primary N) is 1. The van der Waals surface area contributed by atoms with Crippen molar-refractivity contribution >= 4 is 34.7 Å². The van der Waals surface area contributed by atoms with Crippen molar-refractivity contribution in [2.45, 2.75) is 6.92 Å². The molecule has 0 bridgehead atoms. The zero-order chi connectivity index (χ0) is 19.7. The van der Waals surface area contributed by atoms with Crippen LogP contribution in [0, 0.1) is 5.41 Å². The fourth-order valence-electron chi connectivity index (χ4n) is 3.27. The lowest BCUT2D eigenvalue weighted by atomic mass is 10.0. The average Bonchev–Trinajstić information content (AvgIpc) is 2.84. The number of amidine groups is 1. The Morgan fingerprint density at radius 2 is 2.00 bits per heavy atom. The molecule has 3 heterocycles. The lowest BCUT2D eigenvalue weighted by Gasteiger charge is -2.28. The van der Waals surface area contributed by atoms with Crippen LogP contribution in [0.4, 0.5) is 11.5 Å². The van der Waals surface area contributed by atoms with Crippen molar-refractivity contribution in [3.05, 3.63) is 64.1 Å². The molecule has 2 aliphatic heterocycles. The number of benzene rings is 1. The van der Waals surface area contributed by atoms with Gasteiger partial charge in [0.1, 0.15) is 11.5 Å². The minimum Gasteiger partial charge on any atom is -0.400 e. The Labute approximate surface area is 168 Å². The van der Waals surface area contributed by atoms with Crippen LogP contribution in [0.3, 0.4) is 0 Å². The van der Waals surface area contributed by atoms with Crippen molar-refractivity contribution in [1.82, 2.24) is 4.98 Å². The van der Waals surface area contributed by atoms with Crippen LogP contribution in [0.2, 0.25) is 5.02 Å². The number of morpholine rings is 1. The molecule has 0 aliphatic carbocycles. The summed E-state index contributed by atoms with van der Waals surface area (Å²) >= 11 is 6.45. The molecule has 2 aromatic rings. The standard InChI is InChI=1S/C20H21ClN6O/c1-12(22)18-20(23)25-16-10-17(27-6-8-28-9-7-27)24-11-14(16)19(26-18)13-4-2-3-5-15(13)21/h2-5,10-11H,6-9,22H2,1H3,(H2,23,25)/b18-12+. The number of hydrogen-bond donors (Lipinski definition) is 3. The maximum atomic E-state index is 8.43. The Morgan fingerprint density at radius 3 is 2.71 bits per heavy atom. The first-order valence-electron chi connectivity index (χ1n) is 9.03. The second-order valence-corrected chi connectivity index (χ2v) is 7.07. The van der Waals surface area contributed by atoms with E-state index in [2.05, 4.69) is 15.2 Å². The molecular formula is C20H21ClN6O. The molecule has 0 radical (unpaired) electrons. The Bertz CT molecular complexity index is 990. The summed E-state index contributed by atoms with van der Waals surface area (Å²) in [7, 11) is 0. The molecule has 8 heteroatoms. The smallest absolute Gasteiger partial charge is 0.150 e. The number of allylic oxidation sites excluding steroid dienone is 1. The Morgan fingerprint density at radius 1 is 1.25 bits per heavy atom. The molecular weight excluding hydrogens is 376 g/mol. The van der Waals surface area contributed by atoms with E-state index in [1.807, 2.05) is 30.3 Å². The number of pyridine rings is 1. The first-order chi connectivity index (χ1) is 13.5. The average molecular weight is 397 g/mol. The number of nitrogens with zero attached hydrogens (tertiary/aromatic N) is 3. The van der Waals surface area contributed by atoms with Crippen LogP contribution in [-0.2, 0) is 4.74 Å². The van der Waals surface area contributed by atoms with Crippen molar-refractivity contribution in [2.75, 3.05) is 36.5 Å². The highest BCUT2D eigenvalue weighted by Gasteiger charge is 2.24. The van der Waals surface area contributed by atoms with Crippen molar-refractivity contribution in [1.29, 1.82) is 5.41 Å². The third kappa shape index (κ3) is 3.46. The van der Waals surface area contributed by atoms with Crippen LogP contribution in [0.25, 0.3) is 0 Å². The SMILES string of the molecule is C/C(N)=C1\N=C(c2ccccc2Cl)c2cnc(N3CCOCC3)cc2NC1=N. The third-order valence-corrected chi connectivity index (χ3v) is 5.03. The zero-order valence-electron chi connectivity index (χ0n) is 15.5. The van der Waals surface area contributed by atoms with Crippen LogP contribution in [0.5, 0.6) is 0 Å². The van der Waals surface area contributed by atoms with E-state index in [-0.39, 0.29) is 5.84 Å². The van der Waals surface area contributed by atoms with Gasteiger partial charge in [-0.2, -0.15) is 0 Å². The largest absolute Gasteiger partial charge is 0.400 e. The third-order valence-electron chi connectivity index (χ3n) is 4.70. The van der Waals surface area contributed by atoms with Gasteiger partial charge in [-0.1, -0.05) is 29.8 Å². The Hall–Kier alpha value is -2.90. The summed E-state index contributed by atoms with van der Waals surface area (Å²) in [5.41, 5.74) is 9.77. The van der Waals surface area contributed by atoms with E-state index in [0.717, 1.165) is 35.7 Å². The van der Waals surface area contributed by atoms with Gasteiger partial charge < -0.3 is 20.7 Å². The summed E-state index contributed by atoms with van der Waals surface area (Å²) in [4.78, 5) is 11.5. The number of halogens is 1. The number of fused-ring (bicyclic) bond motifs is 1. The van der Waals surface area contributed by atoms with E-state index < -0.39 is 0 Å². The maximum Gasteiger partial charge on any atom is 0.150 e. The summed E-state index contributed by atoms with van der Waals surface area (Å²) in [5, 5.41) is 12.1. The van der Waals surface area contributed by atoms with Crippen LogP contribution in [0.1, 0.15) is 18.1 Å². The van der Waals surface area contributed by atoms with Crippen LogP contribution < -0.4 is 16.0 Å². The lowest BCUT2D eigenvalue weighted by Crippen LogP contribution is -2.36. The molecule has 0 atom stereocenters. The highest BCUT2D eigenvalue weighted by molar-refractivity contribution is 6.36.